The van der Waals surface area contributed by atoms with Gasteiger partial charge in [-0.25, -0.2) is 9.78 Å². The Labute approximate surface area is 126 Å². The van der Waals surface area contributed by atoms with Gasteiger partial charge < -0.3 is 20.9 Å². The second-order valence-electron chi connectivity index (χ2n) is 4.51. The lowest BCUT2D eigenvalue weighted by molar-refractivity contribution is 0.0695. The molecule has 1 amide bonds. The van der Waals surface area contributed by atoms with Gasteiger partial charge in [-0.05, 0) is 25.1 Å². The minimum absolute atomic E-state index is 0.00564. The summed E-state index contributed by atoms with van der Waals surface area (Å²) >= 11 is 0. The minimum atomic E-state index is -1.17. The number of amides is 1. The predicted octanol–water partition coefficient (Wildman–Crippen LogP) is 1.94. The smallest absolute Gasteiger partial charge is 0.337 e. The van der Waals surface area contributed by atoms with E-state index in [1.807, 2.05) is 0 Å². The van der Waals surface area contributed by atoms with E-state index < -0.39 is 11.9 Å². The highest BCUT2D eigenvalue weighted by molar-refractivity contribution is 6.01. The van der Waals surface area contributed by atoms with Crippen LogP contribution in [0.2, 0.25) is 0 Å². The minimum Gasteiger partial charge on any atom is -0.495 e. The number of carbonyl (C=O) groups is 2. The van der Waals surface area contributed by atoms with Crippen LogP contribution in [0.25, 0.3) is 0 Å². The van der Waals surface area contributed by atoms with Gasteiger partial charge in [0.15, 0.2) is 0 Å². The van der Waals surface area contributed by atoms with Crippen LogP contribution in [0, 0.1) is 6.92 Å². The maximum atomic E-state index is 11.6. The molecule has 0 radical (unpaired) electrons. The third kappa shape index (κ3) is 2.98. The van der Waals surface area contributed by atoms with Crippen molar-refractivity contribution in [1.29, 1.82) is 0 Å². The second kappa shape index (κ2) is 6.13. The number of aryl methyl sites for hydroxylation is 1. The molecule has 2 aromatic rings. The molecular weight excluding hydrogens is 286 g/mol. The summed E-state index contributed by atoms with van der Waals surface area (Å²) in [5.74, 6) is -1.21. The van der Waals surface area contributed by atoms with Crippen LogP contribution < -0.4 is 15.8 Å². The van der Waals surface area contributed by atoms with Crippen LogP contribution >= 0.6 is 0 Å². The molecule has 0 saturated heterocycles. The quantitative estimate of drug-likeness (QED) is 0.777. The van der Waals surface area contributed by atoms with Gasteiger partial charge in [-0.1, -0.05) is 12.1 Å². The van der Waals surface area contributed by atoms with Crippen LogP contribution in [-0.2, 0) is 0 Å². The Bertz CT molecular complexity index is 744. The van der Waals surface area contributed by atoms with Gasteiger partial charge >= 0.3 is 5.97 Å². The molecule has 0 fully saturated rings. The number of pyridine rings is 1. The largest absolute Gasteiger partial charge is 0.495 e. The molecule has 7 nitrogen and oxygen atoms in total. The van der Waals surface area contributed by atoms with Crippen LogP contribution in [0.4, 0.5) is 11.5 Å². The molecule has 22 heavy (non-hydrogen) atoms. The van der Waals surface area contributed by atoms with Gasteiger partial charge in [0.1, 0.15) is 11.6 Å². The monoisotopic (exact) mass is 301 g/mol. The van der Waals surface area contributed by atoms with Crippen LogP contribution in [0.3, 0.4) is 0 Å². The normalized spacial score (nSPS) is 10.1. The van der Waals surface area contributed by atoms with Gasteiger partial charge in [-0.3, -0.25) is 4.79 Å². The van der Waals surface area contributed by atoms with Crippen molar-refractivity contribution in [3.63, 3.8) is 0 Å². The number of primary amides is 1. The number of aromatic nitrogens is 1. The molecule has 1 heterocycles. The van der Waals surface area contributed by atoms with Crippen molar-refractivity contribution in [2.75, 3.05) is 12.4 Å². The van der Waals surface area contributed by atoms with E-state index in [0.29, 0.717) is 11.4 Å². The van der Waals surface area contributed by atoms with E-state index in [1.165, 1.54) is 13.2 Å². The summed E-state index contributed by atoms with van der Waals surface area (Å²) in [4.78, 5) is 26.8. The van der Waals surface area contributed by atoms with Gasteiger partial charge in [-0.15, -0.1) is 0 Å². The highest BCUT2D eigenvalue weighted by Gasteiger charge is 2.18. The molecular formula is C15H15N3O4. The molecule has 0 aliphatic rings. The topological polar surface area (TPSA) is 115 Å². The van der Waals surface area contributed by atoms with E-state index in [0.717, 1.165) is 0 Å². The Kier molecular flexibility index (Phi) is 4.26. The van der Waals surface area contributed by atoms with Crippen LogP contribution in [-0.4, -0.2) is 29.1 Å². The summed E-state index contributed by atoms with van der Waals surface area (Å²) in [6, 6.07) is 8.28. The van der Waals surface area contributed by atoms with Crippen molar-refractivity contribution < 1.29 is 19.4 Å². The molecule has 7 heteroatoms. The maximum absolute atomic E-state index is 11.6. The number of nitrogens with one attached hydrogen (secondary N) is 1. The van der Waals surface area contributed by atoms with Crippen molar-refractivity contribution in [2.45, 2.75) is 6.92 Å². The average molecular weight is 301 g/mol. The molecule has 0 saturated carbocycles. The Morgan fingerprint density at radius 1 is 1.27 bits per heavy atom. The molecule has 1 aromatic carbocycles. The van der Waals surface area contributed by atoms with Crippen LogP contribution in [0.5, 0.6) is 5.75 Å². The van der Waals surface area contributed by atoms with Gasteiger partial charge in [-0.2, -0.15) is 0 Å². The van der Waals surface area contributed by atoms with Crippen molar-refractivity contribution in [1.82, 2.24) is 4.98 Å². The van der Waals surface area contributed by atoms with Gasteiger partial charge in [0.25, 0.3) is 5.91 Å². The molecule has 0 bridgehead atoms. The summed E-state index contributed by atoms with van der Waals surface area (Å²) in [7, 11) is 1.52. The number of benzene rings is 1. The first kappa shape index (κ1) is 15.3. The zero-order valence-corrected chi connectivity index (χ0v) is 12.1. The standard InChI is InChI=1S/C15H15N3O4/c1-8-9(15(20)21)7-10(13(16)19)14(17-8)18-11-5-3-4-6-12(11)22-2/h3-7H,1-2H3,(H2,16,19)(H,17,18)(H,20,21). The van der Waals surface area contributed by atoms with E-state index in [4.69, 9.17) is 15.6 Å². The van der Waals surface area contributed by atoms with Crippen LogP contribution in [0.15, 0.2) is 30.3 Å². The number of methoxy groups -OCH3 is 1. The summed E-state index contributed by atoms with van der Waals surface area (Å²) in [6.45, 7) is 1.54. The molecule has 4 N–H and O–H groups in total. The molecule has 1 aromatic heterocycles. The molecule has 0 aliphatic heterocycles. The number of carboxylic acids is 1. The summed E-state index contributed by atoms with van der Waals surface area (Å²) in [5.41, 5.74) is 6.10. The number of anilines is 2. The summed E-state index contributed by atoms with van der Waals surface area (Å²) in [5, 5.41) is 12.1. The summed E-state index contributed by atoms with van der Waals surface area (Å²) in [6.07, 6.45) is 0. The highest BCUT2D eigenvalue weighted by atomic mass is 16.5. The van der Waals surface area contributed by atoms with E-state index in [9.17, 15) is 9.59 Å². The maximum Gasteiger partial charge on any atom is 0.337 e. The van der Waals surface area contributed by atoms with Gasteiger partial charge in [0.05, 0.1) is 29.6 Å². The first-order valence-electron chi connectivity index (χ1n) is 6.38. The molecule has 0 unspecified atom stereocenters. The third-order valence-electron chi connectivity index (χ3n) is 3.07. The third-order valence-corrected chi connectivity index (χ3v) is 3.07. The number of nitrogens with zero attached hydrogens (tertiary/aromatic N) is 1. The number of aromatic carboxylic acids is 1. The van der Waals surface area contributed by atoms with Crippen molar-refractivity contribution in [3.8, 4) is 5.75 Å². The number of hydrogen-bond acceptors (Lipinski definition) is 5. The SMILES string of the molecule is COc1ccccc1Nc1nc(C)c(C(=O)O)cc1C(N)=O. The van der Waals surface area contributed by atoms with Crippen LogP contribution in [0.1, 0.15) is 26.4 Å². The predicted molar refractivity (Wildman–Crippen MR) is 80.7 cm³/mol. The fraction of sp³-hybridized carbons (Fsp3) is 0.133. The van der Waals surface area contributed by atoms with E-state index in [2.05, 4.69) is 10.3 Å². The zero-order chi connectivity index (χ0) is 16.3. The van der Waals surface area contributed by atoms with Gasteiger partial charge in [0, 0.05) is 0 Å². The van der Waals surface area contributed by atoms with Crippen molar-refractivity contribution >= 4 is 23.4 Å². The van der Waals surface area contributed by atoms with Gasteiger partial charge in [0.2, 0.25) is 0 Å². The lowest BCUT2D eigenvalue weighted by Crippen LogP contribution is -2.17. The fourth-order valence-corrected chi connectivity index (χ4v) is 1.98. The number of hydrogen-bond donors (Lipinski definition) is 3. The number of carbonyl (C=O) groups excluding carboxylic acids is 1. The molecule has 0 aliphatic carbocycles. The first-order chi connectivity index (χ1) is 10.4. The number of rotatable bonds is 5. The van der Waals surface area contributed by atoms with E-state index >= 15 is 0 Å². The number of nitrogens with two attached hydrogens (primary N) is 1. The number of carboxylic acid groups (broad SMARTS) is 1. The highest BCUT2D eigenvalue weighted by Crippen LogP contribution is 2.28. The summed E-state index contributed by atoms with van der Waals surface area (Å²) < 4.78 is 5.21. The average Bonchev–Trinajstić information content (AvgIpc) is 2.47. The Morgan fingerprint density at radius 3 is 2.55 bits per heavy atom. The first-order valence-corrected chi connectivity index (χ1v) is 6.38. The second-order valence-corrected chi connectivity index (χ2v) is 4.51. The zero-order valence-electron chi connectivity index (χ0n) is 12.1. The fourth-order valence-electron chi connectivity index (χ4n) is 1.98. The molecule has 0 atom stereocenters. The molecule has 2 rings (SSSR count). The lowest BCUT2D eigenvalue weighted by Gasteiger charge is -2.14. The van der Waals surface area contributed by atoms with E-state index in [-0.39, 0.29) is 22.6 Å². The Morgan fingerprint density at radius 2 is 1.95 bits per heavy atom. The Balaban J connectivity index is 2.53. The lowest BCUT2D eigenvalue weighted by atomic mass is 10.1. The number of ether oxygens (including phenoxy) is 1. The van der Waals surface area contributed by atoms with Crippen molar-refractivity contribution in [3.05, 3.63) is 47.2 Å². The Hall–Kier alpha value is -3.09. The number of para-hydroxylation sites is 2. The molecule has 0 spiro atoms. The molecule has 114 valence electrons. The van der Waals surface area contributed by atoms with Crippen molar-refractivity contribution in [2.24, 2.45) is 5.73 Å². The van der Waals surface area contributed by atoms with E-state index in [1.54, 1.807) is 31.2 Å².